The van der Waals surface area contributed by atoms with Crippen LogP contribution in [-0.2, 0) is 0 Å². The first-order valence-electron chi connectivity index (χ1n) is 5.72. The number of benzene rings is 1. The van der Waals surface area contributed by atoms with E-state index in [2.05, 4.69) is 30.9 Å². The molecule has 0 spiro atoms. The van der Waals surface area contributed by atoms with E-state index in [1.807, 2.05) is 13.0 Å². The van der Waals surface area contributed by atoms with Gasteiger partial charge in [0.1, 0.15) is 0 Å². The van der Waals surface area contributed by atoms with Crippen LogP contribution in [0.5, 0.6) is 0 Å². The number of nitrogens with two attached hydrogens (primary N) is 1. The maximum atomic E-state index is 6.16. The van der Waals surface area contributed by atoms with Crippen molar-refractivity contribution in [3.8, 4) is 0 Å². The van der Waals surface area contributed by atoms with E-state index in [4.69, 9.17) is 17.3 Å². The highest BCUT2D eigenvalue weighted by Gasteiger charge is 2.39. The molecule has 2 nitrogen and oxygen atoms in total. The van der Waals surface area contributed by atoms with Crippen LogP contribution < -0.4 is 10.6 Å². The summed E-state index contributed by atoms with van der Waals surface area (Å²) in [6.07, 6.45) is 1.04. The highest BCUT2D eigenvalue weighted by atomic mass is 35.5. The summed E-state index contributed by atoms with van der Waals surface area (Å²) in [4.78, 5) is 2.35. The van der Waals surface area contributed by atoms with Gasteiger partial charge in [-0.15, -0.1) is 0 Å². The molecule has 3 heteroatoms. The Bertz CT molecular complexity index is 401. The van der Waals surface area contributed by atoms with Gasteiger partial charge in [0.2, 0.25) is 0 Å². The predicted octanol–water partition coefficient (Wildman–Crippen LogP) is 2.96. The molecule has 0 aliphatic carbocycles. The number of anilines is 1. The molecule has 1 unspecified atom stereocenters. The highest BCUT2D eigenvalue weighted by molar-refractivity contribution is 6.31. The fourth-order valence-electron chi connectivity index (χ4n) is 2.32. The predicted molar refractivity (Wildman–Crippen MR) is 70.2 cm³/mol. The average Bonchev–Trinajstić information content (AvgIpc) is 2.47. The summed E-state index contributed by atoms with van der Waals surface area (Å²) in [5.41, 5.74) is 8.44. The molecule has 0 bridgehead atoms. The van der Waals surface area contributed by atoms with Gasteiger partial charge >= 0.3 is 0 Å². The van der Waals surface area contributed by atoms with Gasteiger partial charge in [-0.05, 0) is 44.9 Å². The van der Waals surface area contributed by atoms with Crippen molar-refractivity contribution in [3.05, 3.63) is 28.8 Å². The lowest BCUT2D eigenvalue weighted by molar-refractivity contribution is 0.453. The second-order valence-electron chi connectivity index (χ2n) is 5.13. The van der Waals surface area contributed by atoms with E-state index in [9.17, 15) is 0 Å². The zero-order valence-corrected chi connectivity index (χ0v) is 10.9. The third-order valence-electron chi connectivity index (χ3n) is 3.73. The van der Waals surface area contributed by atoms with Crippen LogP contribution in [0, 0.1) is 6.92 Å². The van der Waals surface area contributed by atoms with Gasteiger partial charge in [0.25, 0.3) is 0 Å². The molecule has 1 atom stereocenters. The minimum absolute atomic E-state index is 0.0125. The Kier molecular flexibility index (Phi) is 2.89. The maximum absolute atomic E-state index is 6.16. The number of nitrogens with zero attached hydrogens (tertiary/aromatic N) is 1. The molecule has 0 amide bonds. The lowest BCUT2D eigenvalue weighted by atomic mass is 9.96. The van der Waals surface area contributed by atoms with E-state index in [-0.39, 0.29) is 11.6 Å². The SMILES string of the molecule is Cc1ccc(N2CCC(N)C2(C)C)cc1Cl. The first-order valence-corrected chi connectivity index (χ1v) is 6.10. The van der Waals surface area contributed by atoms with Crippen molar-refractivity contribution < 1.29 is 0 Å². The minimum Gasteiger partial charge on any atom is -0.365 e. The van der Waals surface area contributed by atoms with Gasteiger partial charge in [-0.1, -0.05) is 17.7 Å². The molecule has 1 fully saturated rings. The van der Waals surface area contributed by atoms with Gasteiger partial charge in [0.05, 0.1) is 0 Å². The van der Waals surface area contributed by atoms with Crippen LogP contribution in [0.15, 0.2) is 18.2 Å². The minimum atomic E-state index is 0.0125. The summed E-state index contributed by atoms with van der Waals surface area (Å²) < 4.78 is 0. The Morgan fingerprint density at radius 1 is 1.44 bits per heavy atom. The van der Waals surface area contributed by atoms with Crippen LogP contribution >= 0.6 is 11.6 Å². The van der Waals surface area contributed by atoms with Crippen molar-refractivity contribution in [1.82, 2.24) is 0 Å². The fourth-order valence-corrected chi connectivity index (χ4v) is 2.50. The molecule has 1 aliphatic heterocycles. The Morgan fingerprint density at radius 3 is 2.62 bits per heavy atom. The zero-order valence-electron chi connectivity index (χ0n) is 10.1. The topological polar surface area (TPSA) is 29.3 Å². The molecule has 0 saturated carbocycles. The van der Waals surface area contributed by atoms with Gasteiger partial charge in [-0.25, -0.2) is 0 Å². The molecular formula is C13H19ClN2. The summed E-state index contributed by atoms with van der Waals surface area (Å²) >= 11 is 6.16. The molecule has 1 aliphatic rings. The molecule has 2 N–H and O–H groups in total. The van der Waals surface area contributed by atoms with E-state index in [1.165, 1.54) is 5.69 Å². The molecule has 16 heavy (non-hydrogen) atoms. The lowest BCUT2D eigenvalue weighted by Gasteiger charge is -2.36. The smallest absolute Gasteiger partial charge is 0.0497 e. The molecule has 0 aromatic heterocycles. The van der Waals surface area contributed by atoms with E-state index in [0.29, 0.717) is 0 Å². The van der Waals surface area contributed by atoms with Crippen LogP contribution in [-0.4, -0.2) is 18.1 Å². The Morgan fingerprint density at radius 2 is 2.12 bits per heavy atom. The highest BCUT2D eigenvalue weighted by Crippen LogP contribution is 2.34. The van der Waals surface area contributed by atoms with E-state index in [0.717, 1.165) is 23.6 Å². The Hall–Kier alpha value is -0.730. The summed E-state index contributed by atoms with van der Waals surface area (Å²) in [5.74, 6) is 0. The van der Waals surface area contributed by atoms with Crippen molar-refractivity contribution in [3.63, 3.8) is 0 Å². The molecule has 1 aromatic rings. The number of hydrogen-bond acceptors (Lipinski definition) is 2. The third kappa shape index (κ3) is 1.80. The fraction of sp³-hybridized carbons (Fsp3) is 0.538. The number of aryl methyl sites for hydroxylation is 1. The molecule has 2 rings (SSSR count). The van der Waals surface area contributed by atoms with Gasteiger partial charge in [0.15, 0.2) is 0 Å². The standard InChI is InChI=1S/C13H19ClN2/c1-9-4-5-10(8-11(9)14)16-7-6-12(15)13(16,2)3/h4-5,8,12H,6-7,15H2,1-3H3. The third-order valence-corrected chi connectivity index (χ3v) is 4.14. The number of halogens is 1. The van der Waals surface area contributed by atoms with E-state index < -0.39 is 0 Å². The molecule has 1 saturated heterocycles. The quantitative estimate of drug-likeness (QED) is 0.815. The molecule has 88 valence electrons. The molecule has 1 heterocycles. The van der Waals surface area contributed by atoms with E-state index >= 15 is 0 Å². The molecule has 1 aromatic carbocycles. The summed E-state index contributed by atoms with van der Waals surface area (Å²) in [5, 5.41) is 0.828. The summed E-state index contributed by atoms with van der Waals surface area (Å²) in [6.45, 7) is 7.41. The van der Waals surface area contributed by atoms with Crippen molar-refractivity contribution in [1.29, 1.82) is 0 Å². The maximum Gasteiger partial charge on any atom is 0.0497 e. The monoisotopic (exact) mass is 238 g/mol. The normalized spacial score (nSPS) is 23.8. The van der Waals surface area contributed by atoms with Crippen molar-refractivity contribution in [2.45, 2.75) is 38.8 Å². The van der Waals surface area contributed by atoms with Crippen LogP contribution in [0.4, 0.5) is 5.69 Å². The van der Waals surface area contributed by atoms with Crippen molar-refractivity contribution >= 4 is 17.3 Å². The van der Waals surface area contributed by atoms with Crippen LogP contribution in [0.3, 0.4) is 0 Å². The summed E-state index contributed by atoms with van der Waals surface area (Å²) in [7, 11) is 0. The molecular weight excluding hydrogens is 220 g/mol. The van der Waals surface area contributed by atoms with Gasteiger partial charge in [-0.3, -0.25) is 0 Å². The van der Waals surface area contributed by atoms with Gasteiger partial charge in [0, 0.05) is 28.8 Å². The largest absolute Gasteiger partial charge is 0.365 e. The zero-order chi connectivity index (χ0) is 11.9. The summed E-state index contributed by atoms with van der Waals surface area (Å²) in [6, 6.07) is 6.46. The van der Waals surface area contributed by atoms with Crippen molar-refractivity contribution in [2.75, 3.05) is 11.4 Å². The Labute approximate surface area is 102 Å². The lowest BCUT2D eigenvalue weighted by Crippen LogP contribution is -2.48. The van der Waals surface area contributed by atoms with Gasteiger partial charge in [-0.2, -0.15) is 0 Å². The first-order chi connectivity index (χ1) is 7.43. The average molecular weight is 239 g/mol. The second kappa shape index (κ2) is 3.94. The number of rotatable bonds is 1. The van der Waals surface area contributed by atoms with E-state index in [1.54, 1.807) is 0 Å². The first kappa shape index (κ1) is 11.7. The Balaban J connectivity index is 2.35. The van der Waals surface area contributed by atoms with Crippen LogP contribution in [0.1, 0.15) is 25.8 Å². The molecule has 0 radical (unpaired) electrons. The van der Waals surface area contributed by atoms with Crippen LogP contribution in [0.2, 0.25) is 5.02 Å². The van der Waals surface area contributed by atoms with Gasteiger partial charge < -0.3 is 10.6 Å². The van der Waals surface area contributed by atoms with Crippen LogP contribution in [0.25, 0.3) is 0 Å². The number of hydrogen-bond donors (Lipinski definition) is 1. The second-order valence-corrected chi connectivity index (χ2v) is 5.54. The van der Waals surface area contributed by atoms with Crippen molar-refractivity contribution in [2.24, 2.45) is 5.73 Å².